The van der Waals surface area contributed by atoms with Crippen LogP contribution in [0.5, 0.6) is 11.5 Å². The first-order valence-electron chi connectivity index (χ1n) is 13.6. The highest BCUT2D eigenvalue weighted by Gasteiger charge is 2.24. The third kappa shape index (κ3) is 6.42. The van der Waals surface area contributed by atoms with Gasteiger partial charge in [0.05, 0.1) is 25.9 Å². The van der Waals surface area contributed by atoms with Crippen molar-refractivity contribution in [2.45, 2.75) is 18.3 Å². The van der Waals surface area contributed by atoms with E-state index in [1.54, 1.807) is 0 Å². The maximum absolute atomic E-state index is 5.85. The molecular formula is C33H31NO5. The van der Waals surface area contributed by atoms with E-state index in [1.807, 2.05) is 24.3 Å². The summed E-state index contributed by atoms with van der Waals surface area (Å²) in [6.07, 6.45) is 0.833. The zero-order valence-corrected chi connectivity index (χ0v) is 21.7. The molecule has 3 heterocycles. The molecule has 0 aromatic heterocycles. The Hall–Kier alpha value is -3.84. The Morgan fingerprint density at radius 3 is 1.28 bits per heavy atom. The van der Waals surface area contributed by atoms with Gasteiger partial charge in [-0.3, -0.25) is 0 Å². The van der Waals surface area contributed by atoms with Crippen molar-refractivity contribution >= 4 is 5.69 Å². The van der Waals surface area contributed by atoms with E-state index in [0.29, 0.717) is 19.3 Å². The summed E-state index contributed by atoms with van der Waals surface area (Å²) in [4.78, 5) is 0. The Kier molecular flexibility index (Phi) is 6.66. The van der Waals surface area contributed by atoms with Crippen molar-refractivity contribution < 1.29 is 23.7 Å². The smallest absolute Gasteiger partial charge is 0.119 e. The lowest BCUT2D eigenvalue weighted by Crippen LogP contribution is -2.07. The Balaban J connectivity index is 1.16. The second kappa shape index (κ2) is 10.7. The van der Waals surface area contributed by atoms with Gasteiger partial charge in [0.1, 0.15) is 36.9 Å². The monoisotopic (exact) mass is 521 g/mol. The number of benzene rings is 4. The number of hydrogen-bond donors (Lipinski definition) is 1. The molecule has 6 heteroatoms. The van der Waals surface area contributed by atoms with Gasteiger partial charge in [-0.2, -0.15) is 0 Å². The van der Waals surface area contributed by atoms with Crippen LogP contribution >= 0.6 is 0 Å². The van der Waals surface area contributed by atoms with Crippen molar-refractivity contribution in [2.75, 3.05) is 44.9 Å². The van der Waals surface area contributed by atoms with Crippen LogP contribution in [0, 0.1) is 0 Å². The highest BCUT2D eigenvalue weighted by molar-refractivity contribution is 5.81. The third-order valence-corrected chi connectivity index (χ3v) is 7.14. The second-order valence-electron chi connectivity index (χ2n) is 10.3. The van der Waals surface area contributed by atoms with Crippen LogP contribution in [0.4, 0.5) is 5.69 Å². The average molecular weight is 522 g/mol. The van der Waals surface area contributed by atoms with Gasteiger partial charge in [-0.1, -0.05) is 36.4 Å². The van der Waals surface area contributed by atoms with Gasteiger partial charge in [0.25, 0.3) is 0 Å². The molecule has 3 aliphatic rings. The van der Waals surface area contributed by atoms with Gasteiger partial charge in [0, 0.05) is 12.2 Å². The summed E-state index contributed by atoms with van der Waals surface area (Å²) in [5.74, 6) is 1.72. The molecule has 0 radical (unpaired) electrons. The summed E-state index contributed by atoms with van der Waals surface area (Å²) in [6.45, 7) is 4.49. The summed E-state index contributed by atoms with van der Waals surface area (Å²) in [5.41, 5.74) is 8.01. The quantitative estimate of drug-likeness (QED) is 0.229. The van der Waals surface area contributed by atoms with Gasteiger partial charge in [-0.05, 0) is 88.0 Å². The van der Waals surface area contributed by atoms with Crippen molar-refractivity contribution in [3.63, 3.8) is 0 Å². The predicted octanol–water partition coefficient (Wildman–Crippen LogP) is 6.05. The van der Waals surface area contributed by atoms with Gasteiger partial charge in [0.2, 0.25) is 0 Å². The molecule has 0 aliphatic carbocycles. The van der Waals surface area contributed by atoms with Crippen LogP contribution in [-0.2, 0) is 14.2 Å². The Morgan fingerprint density at radius 1 is 0.513 bits per heavy atom. The Labute approximate surface area is 228 Å². The molecule has 3 saturated heterocycles. The van der Waals surface area contributed by atoms with Crippen molar-refractivity contribution in [1.29, 1.82) is 0 Å². The SMILES string of the molecule is c1cc(-c2cc(-c3ccc(OCC4CO4)cc3)cc(-c3ccc(OCC4CO4)cc3)c2)ccc1NCC1CO1. The maximum atomic E-state index is 5.85. The van der Waals surface area contributed by atoms with E-state index in [0.717, 1.165) is 71.4 Å². The van der Waals surface area contributed by atoms with Crippen LogP contribution in [0.15, 0.2) is 91.0 Å². The summed E-state index contributed by atoms with van der Waals surface area (Å²) >= 11 is 0. The predicted molar refractivity (Wildman–Crippen MR) is 151 cm³/mol. The molecule has 3 aliphatic heterocycles. The first kappa shape index (κ1) is 24.2. The van der Waals surface area contributed by atoms with Gasteiger partial charge in [0.15, 0.2) is 0 Å². The minimum absolute atomic E-state index is 0.242. The van der Waals surface area contributed by atoms with Crippen LogP contribution < -0.4 is 14.8 Å². The van der Waals surface area contributed by atoms with Crippen LogP contribution in [-0.4, -0.2) is 57.9 Å². The first-order valence-corrected chi connectivity index (χ1v) is 13.6. The average Bonchev–Trinajstić information content (AvgIpc) is 3.82. The number of hydrogen-bond acceptors (Lipinski definition) is 6. The molecule has 7 rings (SSSR count). The molecule has 0 bridgehead atoms. The molecule has 4 aromatic carbocycles. The largest absolute Gasteiger partial charge is 0.491 e. The first-order chi connectivity index (χ1) is 19.2. The van der Waals surface area contributed by atoms with Crippen LogP contribution in [0.25, 0.3) is 33.4 Å². The number of epoxide rings is 3. The molecule has 1 N–H and O–H groups in total. The number of nitrogens with one attached hydrogen (secondary N) is 1. The Morgan fingerprint density at radius 2 is 0.897 bits per heavy atom. The topological polar surface area (TPSA) is 68.1 Å². The van der Waals surface area contributed by atoms with Gasteiger partial charge in [-0.25, -0.2) is 0 Å². The Bertz CT molecular complexity index is 1220. The molecule has 0 spiro atoms. The van der Waals surface area contributed by atoms with Crippen LogP contribution in [0.2, 0.25) is 0 Å². The van der Waals surface area contributed by atoms with Crippen molar-refractivity contribution in [3.8, 4) is 44.9 Å². The molecule has 3 unspecified atom stereocenters. The summed E-state index contributed by atoms with van der Waals surface area (Å²) in [6, 6.07) is 32.0. The molecule has 0 saturated carbocycles. The zero-order valence-electron chi connectivity index (χ0n) is 21.7. The molecule has 3 atom stereocenters. The molecular weight excluding hydrogens is 490 g/mol. The molecule has 39 heavy (non-hydrogen) atoms. The molecule has 198 valence electrons. The number of ether oxygens (including phenoxy) is 5. The van der Waals surface area contributed by atoms with E-state index in [1.165, 1.54) is 5.56 Å². The van der Waals surface area contributed by atoms with E-state index >= 15 is 0 Å². The third-order valence-electron chi connectivity index (χ3n) is 7.14. The van der Waals surface area contributed by atoms with E-state index in [9.17, 15) is 0 Å². The fourth-order valence-electron chi connectivity index (χ4n) is 4.52. The van der Waals surface area contributed by atoms with Crippen LogP contribution in [0.3, 0.4) is 0 Å². The highest BCUT2D eigenvalue weighted by Crippen LogP contribution is 2.35. The summed E-state index contributed by atoms with van der Waals surface area (Å²) in [5, 5.41) is 3.45. The molecule has 4 aromatic rings. The summed E-state index contributed by atoms with van der Waals surface area (Å²) in [7, 11) is 0. The van der Waals surface area contributed by atoms with E-state index < -0.39 is 0 Å². The number of anilines is 1. The second-order valence-corrected chi connectivity index (χ2v) is 10.3. The van der Waals surface area contributed by atoms with Gasteiger partial charge < -0.3 is 29.0 Å². The van der Waals surface area contributed by atoms with Crippen LogP contribution in [0.1, 0.15) is 0 Å². The van der Waals surface area contributed by atoms with E-state index in [4.69, 9.17) is 23.7 Å². The lowest BCUT2D eigenvalue weighted by Gasteiger charge is -2.13. The fourth-order valence-corrected chi connectivity index (χ4v) is 4.52. The number of rotatable bonds is 12. The van der Waals surface area contributed by atoms with Crippen molar-refractivity contribution in [3.05, 3.63) is 91.0 Å². The van der Waals surface area contributed by atoms with E-state index in [2.05, 4.69) is 72.0 Å². The van der Waals surface area contributed by atoms with Gasteiger partial charge >= 0.3 is 0 Å². The minimum atomic E-state index is 0.242. The lowest BCUT2D eigenvalue weighted by atomic mass is 9.93. The maximum Gasteiger partial charge on any atom is 0.119 e. The normalized spacial score (nSPS) is 20.8. The van der Waals surface area contributed by atoms with Crippen molar-refractivity contribution in [1.82, 2.24) is 0 Å². The van der Waals surface area contributed by atoms with E-state index in [-0.39, 0.29) is 12.2 Å². The lowest BCUT2D eigenvalue weighted by molar-refractivity contribution is 0.263. The molecule has 0 amide bonds. The molecule has 3 fully saturated rings. The fraction of sp³-hybridized carbons (Fsp3) is 0.273. The van der Waals surface area contributed by atoms with Gasteiger partial charge in [-0.15, -0.1) is 0 Å². The summed E-state index contributed by atoms with van der Waals surface area (Å²) < 4.78 is 27.5. The zero-order chi connectivity index (χ0) is 26.0. The highest BCUT2D eigenvalue weighted by atomic mass is 16.6. The van der Waals surface area contributed by atoms with Crippen molar-refractivity contribution in [2.24, 2.45) is 0 Å². The standard InChI is InChI=1S/C33H31NO5/c1-7-28(34-16-31-17-37-31)8-2-22(1)25-13-26(23-3-9-29(10-4-23)35-18-32-20-38-32)15-27(14-25)24-5-11-30(12-6-24)36-19-33-21-39-33/h1-15,31-34H,16-21H2. The molecule has 6 nitrogen and oxygen atoms in total. The minimum Gasteiger partial charge on any atom is -0.491 e.